The highest BCUT2D eigenvalue weighted by Gasteiger charge is 2.25. The highest BCUT2D eigenvalue weighted by atomic mass is 32.2. The number of anilines is 1. The largest absolute Gasteiger partial charge is 0.361 e. The maximum atomic E-state index is 13.4. The number of fused-ring (bicyclic) bond motifs is 2. The summed E-state index contributed by atoms with van der Waals surface area (Å²) in [6.45, 7) is 4.51. The van der Waals surface area contributed by atoms with Gasteiger partial charge in [0.1, 0.15) is 5.82 Å². The monoisotopic (exact) mass is 411 g/mol. The van der Waals surface area contributed by atoms with E-state index in [4.69, 9.17) is 4.52 Å². The van der Waals surface area contributed by atoms with Crippen molar-refractivity contribution in [2.75, 3.05) is 37.0 Å². The van der Waals surface area contributed by atoms with Gasteiger partial charge in [0, 0.05) is 28.8 Å². The molecule has 0 radical (unpaired) electrons. The van der Waals surface area contributed by atoms with Crippen molar-refractivity contribution in [3.63, 3.8) is 0 Å². The average Bonchev–Trinajstić information content (AvgIpc) is 3.35. The first-order chi connectivity index (χ1) is 14.3. The second-order valence-electron chi connectivity index (χ2n) is 8.04. The summed E-state index contributed by atoms with van der Waals surface area (Å²) >= 11 is 1.94. The number of halogens is 1. The summed E-state index contributed by atoms with van der Waals surface area (Å²) in [6, 6.07) is 13.4. The van der Waals surface area contributed by atoms with Gasteiger partial charge in [0.15, 0.2) is 5.58 Å². The van der Waals surface area contributed by atoms with Crippen LogP contribution in [0, 0.1) is 5.82 Å². The molecule has 3 heterocycles. The lowest BCUT2D eigenvalue weighted by Crippen LogP contribution is -2.34. The first-order valence-corrected chi connectivity index (χ1v) is 11.5. The first kappa shape index (κ1) is 18.9. The summed E-state index contributed by atoms with van der Waals surface area (Å²) in [5.74, 6) is 1.22. The molecule has 0 amide bonds. The van der Waals surface area contributed by atoms with Crippen LogP contribution in [0.25, 0.3) is 11.0 Å². The van der Waals surface area contributed by atoms with Gasteiger partial charge in [-0.1, -0.05) is 17.3 Å². The molecule has 1 saturated heterocycles. The van der Waals surface area contributed by atoms with Crippen molar-refractivity contribution < 1.29 is 8.91 Å². The van der Waals surface area contributed by atoms with E-state index in [0.717, 1.165) is 49.4 Å². The zero-order valence-corrected chi connectivity index (χ0v) is 17.3. The van der Waals surface area contributed by atoms with E-state index >= 15 is 0 Å². The fourth-order valence-corrected chi connectivity index (χ4v) is 5.62. The summed E-state index contributed by atoms with van der Waals surface area (Å²) < 4.78 is 18.7. The minimum atomic E-state index is -0.272. The van der Waals surface area contributed by atoms with Crippen LogP contribution in [0.15, 0.2) is 51.9 Å². The molecule has 0 saturated carbocycles. The summed E-state index contributed by atoms with van der Waals surface area (Å²) in [4.78, 5) is 6.49. The van der Waals surface area contributed by atoms with Crippen LogP contribution in [0.4, 0.5) is 10.1 Å². The minimum Gasteiger partial charge on any atom is -0.361 e. The number of para-hydroxylation sites is 1. The number of aromatic nitrogens is 1. The van der Waals surface area contributed by atoms with E-state index in [1.807, 2.05) is 11.8 Å². The number of benzene rings is 2. The van der Waals surface area contributed by atoms with Crippen molar-refractivity contribution in [3.05, 3.63) is 54.0 Å². The van der Waals surface area contributed by atoms with E-state index in [1.165, 1.54) is 42.1 Å². The van der Waals surface area contributed by atoms with Crippen LogP contribution in [0.1, 0.15) is 37.3 Å². The number of hydrogen-bond acceptors (Lipinski definition) is 5. The number of nitrogens with zero attached hydrogens (tertiary/aromatic N) is 3. The normalized spacial score (nSPS) is 17.9. The quantitative estimate of drug-likeness (QED) is 0.501. The summed E-state index contributed by atoms with van der Waals surface area (Å²) in [5.41, 5.74) is 2.96. The van der Waals surface area contributed by atoms with Crippen LogP contribution < -0.4 is 4.90 Å². The van der Waals surface area contributed by atoms with Crippen molar-refractivity contribution in [3.8, 4) is 0 Å². The highest BCUT2D eigenvalue weighted by molar-refractivity contribution is 7.99. The molecule has 2 aliphatic heterocycles. The fourth-order valence-electron chi connectivity index (χ4n) is 4.54. The van der Waals surface area contributed by atoms with Crippen LogP contribution >= 0.6 is 11.8 Å². The molecule has 5 rings (SSSR count). The zero-order valence-electron chi connectivity index (χ0n) is 16.5. The zero-order chi connectivity index (χ0) is 19.6. The number of hydrogen-bond donors (Lipinski definition) is 0. The Kier molecular flexibility index (Phi) is 5.46. The second kappa shape index (κ2) is 8.36. The molecule has 152 valence electrons. The van der Waals surface area contributed by atoms with E-state index in [1.54, 1.807) is 6.07 Å². The summed E-state index contributed by atoms with van der Waals surface area (Å²) in [5, 5.41) is 5.22. The van der Waals surface area contributed by atoms with Crippen molar-refractivity contribution in [1.29, 1.82) is 0 Å². The predicted molar refractivity (Wildman–Crippen MR) is 116 cm³/mol. The van der Waals surface area contributed by atoms with Gasteiger partial charge in [-0.05, 0) is 69.6 Å². The SMILES string of the molecule is Fc1ccc2c(C3CCN(CCCCN4CSc5ccccc54)CC3)noc2c1. The van der Waals surface area contributed by atoms with E-state index in [9.17, 15) is 4.39 Å². The van der Waals surface area contributed by atoms with Crippen molar-refractivity contribution in [2.45, 2.75) is 36.5 Å². The van der Waals surface area contributed by atoms with Gasteiger partial charge in [-0.15, -0.1) is 11.8 Å². The molecule has 0 aliphatic carbocycles. The minimum absolute atomic E-state index is 0.272. The Bertz CT molecular complexity index is 983. The van der Waals surface area contributed by atoms with Gasteiger partial charge in [-0.3, -0.25) is 0 Å². The van der Waals surface area contributed by atoms with Gasteiger partial charge < -0.3 is 14.3 Å². The number of thioether (sulfide) groups is 1. The summed E-state index contributed by atoms with van der Waals surface area (Å²) in [6.07, 6.45) is 4.65. The van der Waals surface area contributed by atoms with Gasteiger partial charge in [0.2, 0.25) is 0 Å². The molecule has 0 N–H and O–H groups in total. The van der Waals surface area contributed by atoms with Crippen LogP contribution in [0.5, 0.6) is 0 Å². The van der Waals surface area contributed by atoms with Gasteiger partial charge in [-0.25, -0.2) is 4.39 Å². The maximum absolute atomic E-state index is 13.4. The lowest BCUT2D eigenvalue weighted by Gasteiger charge is -2.31. The lowest BCUT2D eigenvalue weighted by molar-refractivity contribution is 0.206. The molecular weight excluding hydrogens is 385 g/mol. The number of piperidine rings is 1. The van der Waals surface area contributed by atoms with Gasteiger partial charge in [0.25, 0.3) is 0 Å². The molecule has 0 unspecified atom stereocenters. The molecule has 0 bridgehead atoms. The highest BCUT2D eigenvalue weighted by Crippen LogP contribution is 2.38. The Morgan fingerprint density at radius 3 is 2.79 bits per heavy atom. The van der Waals surface area contributed by atoms with Gasteiger partial charge in [0.05, 0.1) is 17.3 Å². The van der Waals surface area contributed by atoms with Crippen molar-refractivity contribution >= 4 is 28.4 Å². The molecule has 6 heteroatoms. The molecule has 0 atom stereocenters. The third-order valence-electron chi connectivity index (χ3n) is 6.17. The second-order valence-corrected chi connectivity index (χ2v) is 9.02. The molecule has 1 aromatic heterocycles. The van der Waals surface area contributed by atoms with Crippen LogP contribution in [0.2, 0.25) is 0 Å². The first-order valence-electron chi connectivity index (χ1n) is 10.5. The number of rotatable bonds is 6. The molecule has 4 nitrogen and oxygen atoms in total. The van der Waals surface area contributed by atoms with Gasteiger partial charge in [-0.2, -0.15) is 0 Å². The molecular formula is C23H26FN3OS. The van der Waals surface area contributed by atoms with Crippen LogP contribution in [0.3, 0.4) is 0 Å². The standard InChI is InChI=1S/C23H26FN3OS/c24-18-7-8-19-21(15-18)28-25-23(19)17-9-13-26(14-10-17)11-3-4-12-27-16-29-22-6-2-1-5-20(22)27/h1-2,5-8,15,17H,3-4,9-14,16H2. The Balaban J connectivity index is 1.08. The molecule has 3 aromatic rings. The Hall–Kier alpha value is -2.05. The Morgan fingerprint density at radius 1 is 1.07 bits per heavy atom. The molecule has 0 spiro atoms. The molecule has 29 heavy (non-hydrogen) atoms. The number of unbranched alkanes of at least 4 members (excludes halogenated alkanes) is 1. The summed E-state index contributed by atoms with van der Waals surface area (Å²) in [7, 11) is 0. The Labute approximate surface area is 175 Å². The molecule has 2 aliphatic rings. The lowest BCUT2D eigenvalue weighted by atomic mass is 9.91. The predicted octanol–water partition coefficient (Wildman–Crippen LogP) is 5.50. The van der Waals surface area contributed by atoms with Crippen molar-refractivity contribution in [1.82, 2.24) is 10.1 Å². The van der Waals surface area contributed by atoms with E-state index in [0.29, 0.717) is 11.5 Å². The molecule has 1 fully saturated rings. The average molecular weight is 412 g/mol. The smallest absolute Gasteiger partial charge is 0.170 e. The number of likely N-dealkylation sites (tertiary alicyclic amines) is 1. The fraction of sp³-hybridized carbons (Fsp3) is 0.435. The topological polar surface area (TPSA) is 32.5 Å². The third kappa shape index (κ3) is 4.01. The van der Waals surface area contributed by atoms with Gasteiger partial charge >= 0.3 is 0 Å². The maximum Gasteiger partial charge on any atom is 0.170 e. The Morgan fingerprint density at radius 2 is 1.90 bits per heavy atom. The van der Waals surface area contributed by atoms with Crippen molar-refractivity contribution in [2.24, 2.45) is 0 Å². The van der Waals surface area contributed by atoms with E-state index in [-0.39, 0.29) is 5.82 Å². The molecule has 2 aromatic carbocycles. The van der Waals surface area contributed by atoms with Crippen LogP contribution in [-0.2, 0) is 0 Å². The third-order valence-corrected chi connectivity index (χ3v) is 7.27. The van der Waals surface area contributed by atoms with E-state index < -0.39 is 0 Å². The van der Waals surface area contributed by atoms with E-state index in [2.05, 4.69) is 39.2 Å². The van der Waals surface area contributed by atoms with Crippen LogP contribution in [-0.4, -0.2) is 42.1 Å².